The third kappa shape index (κ3) is 6.64. The highest BCUT2D eigenvalue weighted by Crippen LogP contribution is 2.55. The monoisotopic (exact) mass is 560 g/mol. The van der Waals surface area contributed by atoms with Gasteiger partial charge in [-0.3, -0.25) is 0 Å². The van der Waals surface area contributed by atoms with E-state index in [1.807, 2.05) is 33.9 Å². The fraction of sp³-hybridized carbons (Fsp3) is 1.00. The summed E-state index contributed by atoms with van der Waals surface area (Å²) >= 11 is 1.28. The summed E-state index contributed by atoms with van der Waals surface area (Å²) in [6.07, 6.45) is -14.5. The van der Waals surface area contributed by atoms with Crippen LogP contribution in [0.1, 0.15) is 46.5 Å². The summed E-state index contributed by atoms with van der Waals surface area (Å²) in [6.45, 7) is 10.3. The van der Waals surface area contributed by atoms with Crippen molar-refractivity contribution in [3.05, 3.63) is 0 Å². The first-order valence-corrected chi connectivity index (χ1v) is 12.7. The van der Waals surface area contributed by atoms with Crippen molar-refractivity contribution in [2.45, 2.75) is 92.5 Å². The van der Waals surface area contributed by atoms with E-state index in [2.05, 4.69) is 0 Å². The lowest BCUT2D eigenvalue weighted by molar-refractivity contribution is -0.384. The molecule has 0 N–H and O–H groups in total. The fourth-order valence-corrected chi connectivity index (χ4v) is 4.20. The predicted molar refractivity (Wildman–Crippen MR) is 100 cm³/mol. The minimum absolute atomic E-state index is 0.0531. The van der Waals surface area contributed by atoms with Crippen LogP contribution < -0.4 is 0 Å². The van der Waals surface area contributed by atoms with Crippen molar-refractivity contribution in [1.82, 2.24) is 0 Å². The fourth-order valence-electron chi connectivity index (χ4n) is 2.07. The smallest absolute Gasteiger partial charge is 0.417 e. The third-order valence-corrected chi connectivity index (χ3v) is 10.6. The number of rotatable bonds is 9. The number of hydrogen-bond acceptors (Lipinski definition) is 1. The van der Waals surface area contributed by atoms with Gasteiger partial charge in [-0.05, 0) is 31.0 Å². The van der Waals surface area contributed by atoms with E-state index < -0.39 is 42.6 Å². The van der Waals surface area contributed by atoms with E-state index in [1.165, 1.54) is 22.6 Å². The van der Waals surface area contributed by atoms with Crippen molar-refractivity contribution in [1.29, 1.82) is 0 Å². The minimum atomic E-state index is -6.65. The van der Waals surface area contributed by atoms with Crippen LogP contribution in [-0.4, -0.2) is 42.8 Å². The van der Waals surface area contributed by atoms with Gasteiger partial charge >= 0.3 is 18.3 Å². The molecule has 12 heteroatoms. The highest BCUT2D eigenvalue weighted by atomic mass is 127. The molecule has 170 valence electrons. The Labute approximate surface area is 174 Å². The molecular weight excluding hydrogens is 534 g/mol. The Morgan fingerprint density at radius 1 is 0.821 bits per heavy atom. The average Bonchev–Trinajstić information content (AvgIpc) is 2.42. The molecule has 0 bridgehead atoms. The molecule has 0 aromatic rings. The van der Waals surface area contributed by atoms with Crippen LogP contribution in [0.2, 0.25) is 18.1 Å². The first-order chi connectivity index (χ1) is 12.1. The zero-order valence-corrected chi connectivity index (χ0v) is 19.5. The predicted octanol–water partition coefficient (Wildman–Crippen LogP) is 7.84. The molecule has 0 aliphatic carbocycles. The standard InChI is InChI=1S/C16H26F9IOSi/c1-12(2,3)28(4,5)27-9-7-6-8-11(26)10-13(17,15(20,21)22)14(18,19)16(23,24)25/h11H,6-10H2,1-5H3. The maximum absolute atomic E-state index is 14.1. The molecule has 0 heterocycles. The van der Waals surface area contributed by atoms with E-state index in [0.29, 0.717) is 13.0 Å². The molecule has 0 rings (SSSR count). The molecule has 0 aliphatic heterocycles. The first-order valence-electron chi connectivity index (χ1n) is 8.58. The molecule has 28 heavy (non-hydrogen) atoms. The summed E-state index contributed by atoms with van der Waals surface area (Å²) in [5.74, 6) is -6.53. The molecule has 0 spiro atoms. The molecule has 0 aromatic carbocycles. The van der Waals surface area contributed by atoms with Gasteiger partial charge in [-0.15, -0.1) is 0 Å². The van der Waals surface area contributed by atoms with Gasteiger partial charge in [0.25, 0.3) is 5.67 Å². The van der Waals surface area contributed by atoms with Crippen LogP contribution in [0.4, 0.5) is 39.5 Å². The highest BCUT2D eigenvalue weighted by Gasteiger charge is 2.80. The molecule has 2 unspecified atom stereocenters. The molecule has 0 aromatic heterocycles. The van der Waals surface area contributed by atoms with Gasteiger partial charge < -0.3 is 4.43 Å². The Balaban J connectivity index is 4.88. The van der Waals surface area contributed by atoms with Crippen molar-refractivity contribution in [2.24, 2.45) is 0 Å². The van der Waals surface area contributed by atoms with E-state index in [0.717, 1.165) is 0 Å². The zero-order chi connectivity index (χ0) is 22.8. The van der Waals surface area contributed by atoms with Gasteiger partial charge in [0.05, 0.1) is 0 Å². The second-order valence-corrected chi connectivity index (χ2v) is 14.8. The molecular formula is C16H26F9IOSi. The topological polar surface area (TPSA) is 9.23 Å². The lowest BCUT2D eigenvalue weighted by Crippen LogP contribution is -2.62. The van der Waals surface area contributed by atoms with Crippen LogP contribution >= 0.6 is 22.6 Å². The van der Waals surface area contributed by atoms with Gasteiger partial charge in [-0.25, -0.2) is 4.39 Å². The normalized spacial score (nSPS) is 18.1. The van der Waals surface area contributed by atoms with Gasteiger partial charge in [-0.1, -0.05) is 49.8 Å². The second kappa shape index (κ2) is 9.19. The largest absolute Gasteiger partial charge is 0.457 e. The summed E-state index contributed by atoms with van der Waals surface area (Å²) in [7, 11) is -2.03. The quantitative estimate of drug-likeness (QED) is 0.0918. The van der Waals surface area contributed by atoms with Crippen molar-refractivity contribution in [2.75, 3.05) is 6.61 Å². The SMILES string of the molecule is CC(C)(C)[Si](C)(C)OCCCCC(I)CC(F)(C(F)(F)F)C(F)(F)C(F)(F)F. The maximum Gasteiger partial charge on any atom is 0.457 e. The van der Waals surface area contributed by atoms with Crippen LogP contribution in [-0.2, 0) is 4.43 Å². The number of unbranched alkanes of at least 4 members (excludes halogenated alkanes) is 1. The lowest BCUT2D eigenvalue weighted by Gasteiger charge is -2.37. The molecule has 0 radical (unpaired) electrons. The number of alkyl halides is 10. The Bertz CT molecular complexity index is 500. The van der Waals surface area contributed by atoms with Crippen molar-refractivity contribution in [3.63, 3.8) is 0 Å². The molecule has 2 atom stereocenters. The Kier molecular flexibility index (Phi) is 9.28. The molecule has 0 amide bonds. The van der Waals surface area contributed by atoms with Crippen LogP contribution in [0.3, 0.4) is 0 Å². The number of hydrogen-bond donors (Lipinski definition) is 0. The van der Waals surface area contributed by atoms with Crippen LogP contribution in [0, 0.1) is 0 Å². The molecule has 1 nitrogen and oxygen atoms in total. The van der Waals surface area contributed by atoms with Gasteiger partial charge in [0.2, 0.25) is 0 Å². The molecule has 0 saturated heterocycles. The van der Waals surface area contributed by atoms with E-state index >= 15 is 0 Å². The van der Waals surface area contributed by atoms with Crippen LogP contribution in [0.15, 0.2) is 0 Å². The summed E-state index contributed by atoms with van der Waals surface area (Å²) in [6, 6.07) is 0. The minimum Gasteiger partial charge on any atom is -0.417 e. The third-order valence-electron chi connectivity index (χ3n) is 4.99. The van der Waals surface area contributed by atoms with Crippen molar-refractivity contribution >= 4 is 30.9 Å². The Morgan fingerprint density at radius 2 is 1.29 bits per heavy atom. The lowest BCUT2D eigenvalue weighted by atomic mass is 9.89. The Hall–Kier alpha value is 0.277. The van der Waals surface area contributed by atoms with E-state index in [-0.39, 0.29) is 17.9 Å². The van der Waals surface area contributed by atoms with Crippen molar-refractivity contribution in [3.8, 4) is 0 Å². The molecule has 0 saturated carbocycles. The van der Waals surface area contributed by atoms with Gasteiger partial charge in [0.1, 0.15) is 0 Å². The second-order valence-electron chi connectivity index (χ2n) is 8.28. The average molecular weight is 560 g/mol. The summed E-state index contributed by atoms with van der Waals surface area (Å²) in [4.78, 5) is 0. The zero-order valence-electron chi connectivity index (χ0n) is 16.3. The highest BCUT2D eigenvalue weighted by molar-refractivity contribution is 14.1. The molecule has 0 aliphatic rings. The summed E-state index contributed by atoms with van der Waals surface area (Å²) < 4.78 is 121. The van der Waals surface area contributed by atoms with Crippen molar-refractivity contribution < 1.29 is 43.9 Å². The maximum atomic E-state index is 14.1. The van der Waals surface area contributed by atoms with E-state index in [4.69, 9.17) is 4.43 Å². The summed E-state index contributed by atoms with van der Waals surface area (Å²) in [5, 5.41) is -0.0531. The first kappa shape index (κ1) is 28.3. The summed E-state index contributed by atoms with van der Waals surface area (Å²) in [5.41, 5.74) is -5.68. The van der Waals surface area contributed by atoms with Gasteiger partial charge in [0.15, 0.2) is 8.32 Å². The van der Waals surface area contributed by atoms with E-state index in [9.17, 15) is 39.5 Å². The molecule has 0 fully saturated rings. The van der Waals surface area contributed by atoms with Gasteiger partial charge in [-0.2, -0.15) is 35.1 Å². The van der Waals surface area contributed by atoms with Crippen LogP contribution in [0.5, 0.6) is 0 Å². The van der Waals surface area contributed by atoms with Crippen LogP contribution in [0.25, 0.3) is 0 Å². The van der Waals surface area contributed by atoms with E-state index in [1.54, 1.807) is 0 Å². The number of halogens is 10. The Morgan fingerprint density at radius 3 is 1.64 bits per heavy atom. The van der Waals surface area contributed by atoms with Gasteiger partial charge in [0, 0.05) is 17.0 Å².